The van der Waals surface area contributed by atoms with E-state index in [2.05, 4.69) is 9.97 Å². The largest absolute Gasteiger partial charge is 0.335 e. The Balaban J connectivity index is 1.82. The molecule has 1 aromatic carbocycles. The van der Waals surface area contributed by atoms with Gasteiger partial charge in [0.1, 0.15) is 0 Å². The Hall–Kier alpha value is -1.94. The molecule has 1 aromatic heterocycles. The van der Waals surface area contributed by atoms with Crippen molar-refractivity contribution in [2.75, 3.05) is 6.54 Å². The molecule has 2 aromatic rings. The molecule has 2 atom stereocenters. The zero-order chi connectivity index (χ0) is 15.5. The number of halogens is 1. The summed E-state index contributed by atoms with van der Waals surface area (Å²) in [4.78, 5) is 23.1. The Labute approximate surface area is 135 Å². The second-order valence-electron chi connectivity index (χ2n) is 5.60. The zero-order valence-corrected chi connectivity index (χ0v) is 13.2. The Morgan fingerprint density at radius 3 is 3.00 bits per heavy atom. The van der Waals surface area contributed by atoms with Crippen molar-refractivity contribution in [1.29, 1.82) is 0 Å². The molecule has 1 amide bonds. The van der Waals surface area contributed by atoms with Gasteiger partial charge >= 0.3 is 0 Å². The van der Waals surface area contributed by atoms with Crippen LogP contribution in [0, 0.1) is 0 Å². The highest BCUT2D eigenvalue weighted by molar-refractivity contribution is 6.30. The van der Waals surface area contributed by atoms with Crippen molar-refractivity contribution in [2.45, 2.75) is 31.7 Å². The maximum Gasteiger partial charge on any atom is 0.232 e. The Morgan fingerprint density at radius 2 is 2.27 bits per heavy atom. The predicted molar refractivity (Wildman–Crippen MR) is 85.6 cm³/mol. The van der Waals surface area contributed by atoms with Crippen LogP contribution in [0.4, 0.5) is 0 Å². The summed E-state index contributed by atoms with van der Waals surface area (Å²) in [6.07, 6.45) is 6.88. The number of rotatable bonds is 3. The van der Waals surface area contributed by atoms with Crippen LogP contribution in [0.25, 0.3) is 0 Å². The maximum absolute atomic E-state index is 12.8. The van der Waals surface area contributed by atoms with Crippen LogP contribution in [0.5, 0.6) is 0 Å². The van der Waals surface area contributed by atoms with Gasteiger partial charge in [0, 0.05) is 30.2 Å². The van der Waals surface area contributed by atoms with Crippen molar-refractivity contribution in [3.8, 4) is 0 Å². The van der Waals surface area contributed by atoms with Crippen LogP contribution in [0.1, 0.15) is 43.0 Å². The van der Waals surface area contributed by atoms with Gasteiger partial charge in [-0.2, -0.15) is 0 Å². The number of likely N-dealkylation sites (tertiary alicyclic amines) is 1. The molecule has 2 unspecified atom stereocenters. The lowest BCUT2D eigenvalue weighted by Crippen LogP contribution is -2.34. The van der Waals surface area contributed by atoms with Gasteiger partial charge < -0.3 is 4.90 Å². The first-order chi connectivity index (χ1) is 10.7. The summed E-state index contributed by atoms with van der Waals surface area (Å²) in [7, 11) is 0. The second kappa shape index (κ2) is 6.44. The van der Waals surface area contributed by atoms with Crippen molar-refractivity contribution in [3.63, 3.8) is 0 Å². The second-order valence-corrected chi connectivity index (χ2v) is 6.03. The SMILES string of the molecule is CC(C(=O)N1CCCC1c1cccc(Cl)c1)c1cnccn1. The molecule has 0 radical (unpaired) electrons. The summed E-state index contributed by atoms with van der Waals surface area (Å²) in [5.41, 5.74) is 1.81. The number of carbonyl (C=O) groups excluding carboxylic acids is 1. The van der Waals surface area contributed by atoms with Crippen molar-refractivity contribution < 1.29 is 4.79 Å². The summed E-state index contributed by atoms with van der Waals surface area (Å²) >= 11 is 6.09. The van der Waals surface area contributed by atoms with Gasteiger partial charge in [-0.05, 0) is 37.5 Å². The summed E-state index contributed by atoms with van der Waals surface area (Å²) < 4.78 is 0. The molecule has 0 N–H and O–H groups in total. The first kappa shape index (κ1) is 15.0. The van der Waals surface area contributed by atoms with Crippen LogP contribution in [-0.2, 0) is 4.79 Å². The fourth-order valence-corrected chi connectivity index (χ4v) is 3.20. The molecule has 3 rings (SSSR count). The lowest BCUT2D eigenvalue weighted by atomic mass is 10.0. The van der Waals surface area contributed by atoms with E-state index >= 15 is 0 Å². The van der Waals surface area contributed by atoms with E-state index in [1.54, 1.807) is 18.6 Å². The maximum atomic E-state index is 12.8. The Bertz CT molecular complexity index is 662. The normalized spacial score (nSPS) is 19.2. The molecule has 0 saturated carbocycles. The quantitative estimate of drug-likeness (QED) is 0.869. The third-order valence-corrected chi connectivity index (χ3v) is 4.40. The minimum absolute atomic E-state index is 0.1000. The van der Waals surface area contributed by atoms with E-state index in [9.17, 15) is 4.79 Å². The van der Waals surface area contributed by atoms with Gasteiger partial charge in [-0.1, -0.05) is 23.7 Å². The lowest BCUT2D eigenvalue weighted by Gasteiger charge is -2.27. The number of carbonyl (C=O) groups is 1. The number of aromatic nitrogens is 2. The van der Waals surface area contributed by atoms with E-state index in [4.69, 9.17) is 11.6 Å². The van der Waals surface area contributed by atoms with Gasteiger partial charge in [0.2, 0.25) is 5.91 Å². The summed E-state index contributed by atoms with van der Waals surface area (Å²) in [6.45, 7) is 2.67. The standard InChI is InChI=1S/C17H18ClN3O/c1-12(15-11-19-7-8-20-15)17(22)21-9-3-6-16(21)13-4-2-5-14(18)10-13/h2,4-5,7-8,10-12,16H,3,6,9H2,1H3. The van der Waals surface area contributed by atoms with Crippen molar-refractivity contribution in [2.24, 2.45) is 0 Å². The third kappa shape index (κ3) is 2.97. The monoisotopic (exact) mass is 315 g/mol. The molecule has 4 nitrogen and oxygen atoms in total. The summed E-state index contributed by atoms with van der Waals surface area (Å²) in [6, 6.07) is 7.88. The molecule has 1 aliphatic heterocycles. The van der Waals surface area contributed by atoms with Crippen LogP contribution >= 0.6 is 11.6 Å². The topological polar surface area (TPSA) is 46.1 Å². The fraction of sp³-hybridized carbons (Fsp3) is 0.353. The highest BCUT2D eigenvalue weighted by Crippen LogP contribution is 2.35. The summed E-state index contributed by atoms with van der Waals surface area (Å²) in [5.74, 6) is -0.184. The molecule has 0 spiro atoms. The van der Waals surface area contributed by atoms with Crippen LogP contribution in [0.3, 0.4) is 0 Å². The average Bonchev–Trinajstić information content (AvgIpc) is 3.04. The molecule has 2 heterocycles. The van der Waals surface area contributed by atoms with Crippen LogP contribution in [0.2, 0.25) is 5.02 Å². The van der Waals surface area contributed by atoms with E-state index in [-0.39, 0.29) is 17.9 Å². The first-order valence-corrected chi connectivity index (χ1v) is 7.86. The average molecular weight is 316 g/mol. The highest BCUT2D eigenvalue weighted by Gasteiger charge is 2.33. The van der Waals surface area contributed by atoms with E-state index in [0.717, 1.165) is 24.9 Å². The van der Waals surface area contributed by atoms with Gasteiger partial charge in [0.05, 0.1) is 17.7 Å². The molecular weight excluding hydrogens is 298 g/mol. The molecule has 22 heavy (non-hydrogen) atoms. The van der Waals surface area contributed by atoms with Crippen molar-refractivity contribution in [3.05, 3.63) is 59.1 Å². The van der Waals surface area contributed by atoms with Crippen LogP contribution < -0.4 is 0 Å². The molecule has 1 saturated heterocycles. The molecule has 114 valence electrons. The molecule has 0 bridgehead atoms. The fourth-order valence-electron chi connectivity index (χ4n) is 3.00. The number of hydrogen-bond donors (Lipinski definition) is 0. The lowest BCUT2D eigenvalue weighted by molar-refractivity contribution is -0.133. The highest BCUT2D eigenvalue weighted by atomic mass is 35.5. The molecule has 1 aliphatic rings. The van der Waals surface area contributed by atoms with Crippen LogP contribution in [0.15, 0.2) is 42.9 Å². The van der Waals surface area contributed by atoms with Gasteiger partial charge in [0.25, 0.3) is 0 Å². The van der Waals surface area contributed by atoms with Gasteiger partial charge in [-0.3, -0.25) is 14.8 Å². The van der Waals surface area contributed by atoms with E-state index in [0.29, 0.717) is 10.7 Å². The number of hydrogen-bond acceptors (Lipinski definition) is 3. The Kier molecular flexibility index (Phi) is 4.39. The minimum Gasteiger partial charge on any atom is -0.335 e. The summed E-state index contributed by atoms with van der Waals surface area (Å²) in [5, 5.41) is 0.707. The smallest absolute Gasteiger partial charge is 0.232 e. The van der Waals surface area contributed by atoms with Crippen LogP contribution in [-0.4, -0.2) is 27.3 Å². The number of nitrogens with zero attached hydrogens (tertiary/aromatic N) is 3. The first-order valence-electron chi connectivity index (χ1n) is 7.48. The number of amides is 1. The van der Waals surface area contributed by atoms with Crippen molar-refractivity contribution in [1.82, 2.24) is 14.9 Å². The van der Waals surface area contributed by atoms with Crippen molar-refractivity contribution >= 4 is 17.5 Å². The molecule has 1 fully saturated rings. The predicted octanol–water partition coefficient (Wildman–Crippen LogP) is 3.60. The Morgan fingerprint density at radius 1 is 1.41 bits per heavy atom. The van der Waals surface area contributed by atoms with Gasteiger partial charge in [-0.25, -0.2) is 0 Å². The van der Waals surface area contributed by atoms with E-state index < -0.39 is 0 Å². The van der Waals surface area contributed by atoms with Gasteiger partial charge in [0.15, 0.2) is 0 Å². The number of benzene rings is 1. The molecule has 0 aliphatic carbocycles. The third-order valence-electron chi connectivity index (χ3n) is 4.17. The van der Waals surface area contributed by atoms with Gasteiger partial charge in [-0.15, -0.1) is 0 Å². The molecular formula is C17H18ClN3O. The minimum atomic E-state index is -0.284. The molecule has 5 heteroatoms. The zero-order valence-electron chi connectivity index (χ0n) is 12.4. The van der Waals surface area contributed by atoms with E-state index in [1.165, 1.54) is 0 Å². The van der Waals surface area contributed by atoms with E-state index in [1.807, 2.05) is 36.1 Å².